The first-order valence-corrected chi connectivity index (χ1v) is 9.25. The number of anilines is 1. The van der Waals surface area contributed by atoms with Gasteiger partial charge in [-0.05, 0) is 33.3 Å². The van der Waals surface area contributed by atoms with Gasteiger partial charge in [0.25, 0.3) is 0 Å². The van der Waals surface area contributed by atoms with Gasteiger partial charge in [0.2, 0.25) is 0 Å². The molecule has 0 spiro atoms. The van der Waals surface area contributed by atoms with Crippen molar-refractivity contribution >= 4 is 37.5 Å². The summed E-state index contributed by atoms with van der Waals surface area (Å²) in [5.41, 5.74) is 4.15. The van der Waals surface area contributed by atoms with Crippen LogP contribution in [-0.4, -0.2) is 26.8 Å². The molecular formula is C18H22N4OS. The number of hydrogen-bond acceptors (Lipinski definition) is 6. The van der Waals surface area contributed by atoms with Crippen molar-refractivity contribution in [3.63, 3.8) is 0 Å². The molecule has 24 heavy (non-hydrogen) atoms. The van der Waals surface area contributed by atoms with Crippen molar-refractivity contribution in [2.45, 2.75) is 58.8 Å². The SMILES string of the molecule is CCC(C)Nc1cnnc2c1sc1nc3c(cc12)COC(C)(C)C3. The lowest BCUT2D eigenvalue weighted by molar-refractivity contribution is -0.0411. The van der Waals surface area contributed by atoms with Crippen LogP contribution in [-0.2, 0) is 17.8 Å². The van der Waals surface area contributed by atoms with Crippen LogP contribution in [0.4, 0.5) is 5.69 Å². The molecule has 4 heterocycles. The highest BCUT2D eigenvalue weighted by atomic mass is 32.1. The van der Waals surface area contributed by atoms with Crippen molar-refractivity contribution in [2.24, 2.45) is 0 Å². The van der Waals surface area contributed by atoms with E-state index in [0.29, 0.717) is 12.6 Å². The molecule has 0 fully saturated rings. The van der Waals surface area contributed by atoms with Gasteiger partial charge in [-0.25, -0.2) is 4.98 Å². The molecule has 6 heteroatoms. The Morgan fingerprint density at radius 2 is 2.25 bits per heavy atom. The number of hydrogen-bond donors (Lipinski definition) is 1. The third-order valence-corrected chi connectivity index (χ3v) is 5.76. The fourth-order valence-electron chi connectivity index (χ4n) is 3.05. The van der Waals surface area contributed by atoms with Crippen LogP contribution in [0.2, 0.25) is 0 Å². The highest BCUT2D eigenvalue weighted by molar-refractivity contribution is 7.26. The van der Waals surface area contributed by atoms with Gasteiger partial charge in [0.05, 0.1) is 34.5 Å². The van der Waals surface area contributed by atoms with E-state index in [1.54, 1.807) is 11.3 Å². The molecule has 0 radical (unpaired) electrons. The maximum absolute atomic E-state index is 5.94. The molecule has 1 aliphatic rings. The fraction of sp³-hybridized carbons (Fsp3) is 0.500. The summed E-state index contributed by atoms with van der Waals surface area (Å²) < 4.78 is 7.07. The van der Waals surface area contributed by atoms with Crippen LogP contribution in [0.5, 0.6) is 0 Å². The van der Waals surface area contributed by atoms with Gasteiger partial charge in [0, 0.05) is 23.4 Å². The number of aromatic nitrogens is 3. The molecule has 1 atom stereocenters. The largest absolute Gasteiger partial charge is 0.380 e. The zero-order valence-electron chi connectivity index (χ0n) is 14.5. The van der Waals surface area contributed by atoms with Crippen molar-refractivity contribution in [2.75, 3.05) is 5.32 Å². The summed E-state index contributed by atoms with van der Waals surface area (Å²) in [5, 5.41) is 13.2. The lowest BCUT2D eigenvalue weighted by atomic mass is 9.95. The van der Waals surface area contributed by atoms with Crippen LogP contribution in [0, 0.1) is 0 Å². The van der Waals surface area contributed by atoms with Crippen LogP contribution < -0.4 is 5.32 Å². The van der Waals surface area contributed by atoms with Crippen LogP contribution in [0.1, 0.15) is 45.4 Å². The molecule has 0 aliphatic carbocycles. The van der Waals surface area contributed by atoms with Crippen LogP contribution >= 0.6 is 11.3 Å². The van der Waals surface area contributed by atoms with Gasteiger partial charge in [-0.3, -0.25) is 0 Å². The van der Waals surface area contributed by atoms with Crippen LogP contribution in [0.25, 0.3) is 20.4 Å². The molecule has 5 nitrogen and oxygen atoms in total. The van der Waals surface area contributed by atoms with E-state index >= 15 is 0 Å². The van der Waals surface area contributed by atoms with Gasteiger partial charge in [-0.1, -0.05) is 6.92 Å². The van der Waals surface area contributed by atoms with Gasteiger partial charge >= 0.3 is 0 Å². The van der Waals surface area contributed by atoms with E-state index in [1.807, 2.05) is 6.20 Å². The molecule has 3 aromatic rings. The number of pyridine rings is 1. The maximum Gasteiger partial charge on any atom is 0.126 e. The maximum atomic E-state index is 5.94. The standard InChI is InChI=1S/C18H22N4OS/c1-5-10(2)20-14-8-19-22-15-12-6-11-9-23-18(3,4)7-13(11)21-17(12)24-16(14)15/h6,8,10H,5,7,9H2,1-4H3,(H,20,22). The topological polar surface area (TPSA) is 59.9 Å². The molecule has 1 aliphatic heterocycles. The van der Waals surface area contributed by atoms with Crippen molar-refractivity contribution in [1.29, 1.82) is 0 Å². The van der Waals surface area contributed by atoms with E-state index < -0.39 is 0 Å². The minimum atomic E-state index is -0.145. The van der Waals surface area contributed by atoms with Gasteiger partial charge in [0.1, 0.15) is 10.3 Å². The highest BCUT2D eigenvalue weighted by Crippen LogP contribution is 2.38. The number of rotatable bonds is 3. The van der Waals surface area contributed by atoms with Crippen LogP contribution in [0.3, 0.4) is 0 Å². The minimum Gasteiger partial charge on any atom is -0.380 e. The van der Waals surface area contributed by atoms with E-state index in [-0.39, 0.29) is 5.60 Å². The number of fused-ring (bicyclic) bond motifs is 4. The molecule has 0 aromatic carbocycles. The molecular weight excluding hydrogens is 320 g/mol. The van der Waals surface area contributed by atoms with Gasteiger partial charge < -0.3 is 10.1 Å². The third-order valence-electron chi connectivity index (χ3n) is 4.64. The number of nitrogens with one attached hydrogen (secondary N) is 1. The first kappa shape index (κ1) is 15.7. The summed E-state index contributed by atoms with van der Waals surface area (Å²) in [6, 6.07) is 2.59. The Hall–Kier alpha value is -1.79. The quantitative estimate of drug-likeness (QED) is 0.769. The van der Waals surface area contributed by atoms with Gasteiger partial charge in [-0.15, -0.1) is 16.4 Å². The molecule has 126 valence electrons. The van der Waals surface area contributed by atoms with E-state index in [1.165, 1.54) is 5.56 Å². The van der Waals surface area contributed by atoms with Crippen molar-refractivity contribution in [3.05, 3.63) is 23.5 Å². The Morgan fingerprint density at radius 3 is 3.04 bits per heavy atom. The zero-order chi connectivity index (χ0) is 16.9. The molecule has 0 bridgehead atoms. The van der Waals surface area contributed by atoms with E-state index in [2.05, 4.69) is 49.3 Å². The molecule has 0 saturated heterocycles. The van der Waals surface area contributed by atoms with Crippen molar-refractivity contribution in [3.8, 4) is 0 Å². The normalized spacial score (nSPS) is 17.8. The van der Waals surface area contributed by atoms with Gasteiger partial charge in [-0.2, -0.15) is 5.10 Å². The second-order valence-electron chi connectivity index (χ2n) is 7.16. The summed E-state index contributed by atoms with van der Waals surface area (Å²) >= 11 is 1.70. The van der Waals surface area contributed by atoms with Crippen molar-refractivity contribution in [1.82, 2.24) is 15.2 Å². The Kier molecular flexibility index (Phi) is 3.69. The monoisotopic (exact) mass is 342 g/mol. The van der Waals surface area contributed by atoms with E-state index in [0.717, 1.165) is 44.7 Å². The highest BCUT2D eigenvalue weighted by Gasteiger charge is 2.28. The average Bonchev–Trinajstić information content (AvgIpc) is 2.90. The molecule has 1 N–H and O–H groups in total. The van der Waals surface area contributed by atoms with Crippen molar-refractivity contribution < 1.29 is 4.74 Å². The second kappa shape index (κ2) is 5.63. The fourth-order valence-corrected chi connectivity index (χ4v) is 4.13. The Balaban J connectivity index is 1.87. The minimum absolute atomic E-state index is 0.145. The summed E-state index contributed by atoms with van der Waals surface area (Å²) in [7, 11) is 0. The molecule has 0 amide bonds. The Morgan fingerprint density at radius 1 is 1.42 bits per heavy atom. The predicted molar refractivity (Wildman–Crippen MR) is 98.7 cm³/mol. The number of ether oxygens (including phenoxy) is 1. The first-order valence-electron chi connectivity index (χ1n) is 8.44. The van der Waals surface area contributed by atoms with Gasteiger partial charge in [0.15, 0.2) is 0 Å². The predicted octanol–water partition coefficient (Wildman–Crippen LogP) is 4.30. The second-order valence-corrected chi connectivity index (χ2v) is 8.16. The summed E-state index contributed by atoms with van der Waals surface area (Å²) in [4.78, 5) is 5.97. The first-order chi connectivity index (χ1) is 11.5. The summed E-state index contributed by atoms with van der Waals surface area (Å²) in [6.45, 7) is 9.20. The molecule has 3 aromatic heterocycles. The van der Waals surface area contributed by atoms with E-state index in [9.17, 15) is 0 Å². The molecule has 4 rings (SSSR count). The zero-order valence-corrected chi connectivity index (χ0v) is 15.3. The smallest absolute Gasteiger partial charge is 0.126 e. The average molecular weight is 342 g/mol. The number of thiophene rings is 1. The van der Waals surface area contributed by atoms with E-state index in [4.69, 9.17) is 9.72 Å². The summed E-state index contributed by atoms with van der Waals surface area (Å²) in [5.74, 6) is 0. The Labute approximate surface area is 145 Å². The number of nitrogens with zero attached hydrogens (tertiary/aromatic N) is 3. The molecule has 0 saturated carbocycles. The third kappa shape index (κ3) is 2.63. The lowest BCUT2D eigenvalue weighted by Crippen LogP contribution is -2.32. The van der Waals surface area contributed by atoms with Crippen LogP contribution in [0.15, 0.2) is 12.3 Å². The molecule has 1 unspecified atom stereocenters. The summed E-state index contributed by atoms with van der Waals surface area (Å²) in [6.07, 6.45) is 3.72. The Bertz CT molecular complexity index is 918. The lowest BCUT2D eigenvalue weighted by Gasteiger charge is -2.30.